The fourth-order valence-corrected chi connectivity index (χ4v) is 3.79. The van der Waals surface area contributed by atoms with Gasteiger partial charge in [-0.1, -0.05) is 26.2 Å². The number of hydrogen-bond acceptors (Lipinski definition) is 3. The van der Waals surface area contributed by atoms with Crippen LogP contribution in [0.2, 0.25) is 0 Å². The summed E-state index contributed by atoms with van der Waals surface area (Å²) in [7, 11) is -0.249. The van der Waals surface area contributed by atoms with Gasteiger partial charge >= 0.3 is 0 Å². The Morgan fingerprint density at radius 1 is 1.22 bits per heavy atom. The van der Waals surface area contributed by atoms with Gasteiger partial charge in [0, 0.05) is 20.6 Å². The number of likely N-dealkylation sites (N-methyl/N-ethyl adjacent to an activating group) is 1. The first-order valence-electron chi connectivity index (χ1n) is 6.78. The third kappa shape index (κ3) is 3.66. The summed E-state index contributed by atoms with van der Waals surface area (Å²) in [6, 6.07) is -0.271. The summed E-state index contributed by atoms with van der Waals surface area (Å²) in [5, 5.41) is 9.94. The highest BCUT2D eigenvalue weighted by atomic mass is 32.2. The molecule has 1 saturated carbocycles. The Labute approximate surface area is 111 Å². The van der Waals surface area contributed by atoms with Crippen LogP contribution in [0.25, 0.3) is 0 Å². The maximum atomic E-state index is 12.3. The Balaban J connectivity index is 2.70. The van der Waals surface area contributed by atoms with Crippen LogP contribution in [0, 0.1) is 0 Å². The van der Waals surface area contributed by atoms with Crippen molar-refractivity contribution in [2.24, 2.45) is 0 Å². The van der Waals surface area contributed by atoms with Crippen LogP contribution in [0.3, 0.4) is 0 Å². The second-order valence-electron chi connectivity index (χ2n) is 5.12. The SMILES string of the molecule is CCCCN(C)S(=O)(=O)N(C)C1CCCCC1O. The van der Waals surface area contributed by atoms with E-state index in [1.807, 2.05) is 6.92 Å². The Kier molecular flexibility index (Phi) is 6.04. The Bertz CT molecular complexity index is 345. The molecule has 1 N–H and O–H groups in total. The summed E-state index contributed by atoms with van der Waals surface area (Å²) in [5.41, 5.74) is 0. The number of rotatable bonds is 6. The lowest BCUT2D eigenvalue weighted by Gasteiger charge is -2.36. The standard InChI is InChI=1S/C12H26N2O3S/c1-4-5-10-13(2)18(16,17)14(3)11-8-6-7-9-12(11)15/h11-12,15H,4-10H2,1-3H3. The van der Waals surface area contributed by atoms with Crippen molar-refractivity contribution in [2.75, 3.05) is 20.6 Å². The van der Waals surface area contributed by atoms with Crippen LogP contribution >= 0.6 is 0 Å². The molecule has 1 fully saturated rings. The van der Waals surface area contributed by atoms with Crippen molar-refractivity contribution in [3.63, 3.8) is 0 Å². The fraction of sp³-hybridized carbons (Fsp3) is 1.00. The van der Waals surface area contributed by atoms with Crippen molar-refractivity contribution in [1.82, 2.24) is 8.61 Å². The zero-order valence-corrected chi connectivity index (χ0v) is 12.5. The van der Waals surface area contributed by atoms with Crippen LogP contribution in [0.15, 0.2) is 0 Å². The smallest absolute Gasteiger partial charge is 0.281 e. The molecule has 0 radical (unpaired) electrons. The first kappa shape index (κ1) is 15.9. The molecule has 1 rings (SSSR count). The molecule has 18 heavy (non-hydrogen) atoms. The van der Waals surface area contributed by atoms with Crippen molar-refractivity contribution < 1.29 is 13.5 Å². The maximum Gasteiger partial charge on any atom is 0.281 e. The van der Waals surface area contributed by atoms with Gasteiger partial charge in [0.05, 0.1) is 12.1 Å². The van der Waals surface area contributed by atoms with Crippen molar-refractivity contribution >= 4 is 10.2 Å². The minimum Gasteiger partial charge on any atom is -0.391 e. The molecule has 0 aromatic heterocycles. The first-order chi connectivity index (χ1) is 8.41. The minimum atomic E-state index is -3.44. The van der Waals surface area contributed by atoms with E-state index in [4.69, 9.17) is 0 Å². The van der Waals surface area contributed by atoms with Crippen molar-refractivity contribution in [2.45, 2.75) is 57.6 Å². The predicted molar refractivity (Wildman–Crippen MR) is 72.5 cm³/mol. The third-order valence-corrected chi connectivity index (χ3v) is 5.71. The van der Waals surface area contributed by atoms with E-state index in [-0.39, 0.29) is 6.04 Å². The Morgan fingerprint density at radius 2 is 1.83 bits per heavy atom. The first-order valence-corrected chi connectivity index (χ1v) is 8.18. The Morgan fingerprint density at radius 3 is 2.39 bits per heavy atom. The van der Waals surface area contributed by atoms with Gasteiger partial charge in [-0.3, -0.25) is 0 Å². The van der Waals surface area contributed by atoms with Crippen molar-refractivity contribution in [3.8, 4) is 0 Å². The van der Waals surface area contributed by atoms with E-state index < -0.39 is 16.3 Å². The molecular formula is C12H26N2O3S. The molecule has 1 aliphatic carbocycles. The molecule has 2 unspecified atom stereocenters. The topological polar surface area (TPSA) is 60.9 Å². The molecule has 5 nitrogen and oxygen atoms in total. The number of hydrogen-bond donors (Lipinski definition) is 1. The average molecular weight is 278 g/mol. The maximum absolute atomic E-state index is 12.3. The van der Waals surface area contributed by atoms with Gasteiger partial charge in [-0.15, -0.1) is 0 Å². The number of aliphatic hydroxyl groups excluding tert-OH is 1. The highest BCUT2D eigenvalue weighted by Gasteiger charge is 2.35. The van der Waals surface area contributed by atoms with Gasteiger partial charge < -0.3 is 5.11 Å². The minimum absolute atomic E-state index is 0.271. The quantitative estimate of drug-likeness (QED) is 0.794. The average Bonchev–Trinajstić information content (AvgIpc) is 2.35. The molecule has 0 spiro atoms. The molecule has 0 aliphatic heterocycles. The van der Waals surface area contributed by atoms with Crippen molar-refractivity contribution in [1.29, 1.82) is 0 Å². The van der Waals surface area contributed by atoms with Crippen LogP contribution in [-0.2, 0) is 10.2 Å². The summed E-state index contributed by atoms with van der Waals surface area (Å²) < 4.78 is 27.4. The molecule has 6 heteroatoms. The highest BCUT2D eigenvalue weighted by Crippen LogP contribution is 2.25. The van der Waals surface area contributed by atoms with Gasteiger partial charge in [0.1, 0.15) is 0 Å². The van der Waals surface area contributed by atoms with Gasteiger partial charge in [-0.05, 0) is 19.3 Å². The lowest BCUT2D eigenvalue weighted by atomic mass is 9.93. The second-order valence-corrected chi connectivity index (χ2v) is 7.21. The Hall–Kier alpha value is -0.170. The van der Waals surface area contributed by atoms with Gasteiger partial charge in [0.25, 0.3) is 10.2 Å². The lowest BCUT2D eigenvalue weighted by Crippen LogP contribution is -2.50. The molecule has 0 heterocycles. The van der Waals surface area contributed by atoms with E-state index in [1.54, 1.807) is 14.1 Å². The van der Waals surface area contributed by atoms with Crippen LogP contribution in [0.4, 0.5) is 0 Å². The molecule has 0 saturated heterocycles. The fourth-order valence-electron chi connectivity index (χ4n) is 2.40. The summed E-state index contributed by atoms with van der Waals surface area (Å²) in [4.78, 5) is 0. The zero-order chi connectivity index (χ0) is 13.8. The molecule has 0 aromatic rings. The molecule has 0 aromatic carbocycles. The third-order valence-electron chi connectivity index (χ3n) is 3.75. The van der Waals surface area contributed by atoms with Gasteiger partial charge in [-0.25, -0.2) is 0 Å². The summed E-state index contributed by atoms with van der Waals surface area (Å²) >= 11 is 0. The predicted octanol–water partition coefficient (Wildman–Crippen LogP) is 1.20. The van der Waals surface area contributed by atoms with E-state index in [1.165, 1.54) is 8.61 Å². The molecule has 108 valence electrons. The van der Waals surface area contributed by atoms with Crippen LogP contribution in [0.5, 0.6) is 0 Å². The van der Waals surface area contributed by atoms with Gasteiger partial charge in [0.2, 0.25) is 0 Å². The second kappa shape index (κ2) is 6.84. The molecular weight excluding hydrogens is 252 g/mol. The summed E-state index contributed by atoms with van der Waals surface area (Å²) in [6.07, 6.45) is 4.71. The normalized spacial score (nSPS) is 25.9. The van der Waals surface area contributed by atoms with E-state index in [0.29, 0.717) is 13.0 Å². The highest BCUT2D eigenvalue weighted by molar-refractivity contribution is 7.86. The molecule has 0 amide bonds. The monoisotopic (exact) mass is 278 g/mol. The lowest BCUT2D eigenvalue weighted by molar-refractivity contribution is 0.0617. The van der Waals surface area contributed by atoms with Gasteiger partial charge in [0.15, 0.2) is 0 Å². The summed E-state index contributed by atoms with van der Waals surface area (Å²) in [6.45, 7) is 2.57. The van der Waals surface area contributed by atoms with Crippen molar-refractivity contribution in [3.05, 3.63) is 0 Å². The number of aliphatic hydroxyl groups is 1. The molecule has 0 bridgehead atoms. The van der Waals surface area contributed by atoms with Crippen LogP contribution < -0.4 is 0 Å². The van der Waals surface area contributed by atoms with Crippen LogP contribution in [-0.4, -0.2) is 54.9 Å². The number of unbranched alkanes of at least 4 members (excludes halogenated alkanes) is 1. The molecule has 2 atom stereocenters. The van der Waals surface area contributed by atoms with Gasteiger partial charge in [-0.2, -0.15) is 17.0 Å². The van der Waals surface area contributed by atoms with E-state index in [2.05, 4.69) is 0 Å². The summed E-state index contributed by atoms with van der Waals surface area (Å²) in [5.74, 6) is 0. The molecule has 1 aliphatic rings. The largest absolute Gasteiger partial charge is 0.391 e. The van der Waals surface area contributed by atoms with E-state index in [0.717, 1.165) is 32.1 Å². The van der Waals surface area contributed by atoms with E-state index in [9.17, 15) is 13.5 Å². The van der Waals surface area contributed by atoms with E-state index >= 15 is 0 Å². The number of nitrogens with zero attached hydrogens (tertiary/aromatic N) is 2. The zero-order valence-electron chi connectivity index (χ0n) is 11.7. The van der Waals surface area contributed by atoms with Crippen LogP contribution in [0.1, 0.15) is 45.4 Å².